The van der Waals surface area contributed by atoms with E-state index in [4.69, 9.17) is 21.1 Å². The fraction of sp³-hybridized carbons (Fsp3) is 0.733. The maximum absolute atomic E-state index is 12.8. The summed E-state index contributed by atoms with van der Waals surface area (Å²) in [6.07, 6.45) is 29.5. The smallest absolute Gasteiger partial charge is 0.336 e. The Morgan fingerprint density at radius 3 is 2.21 bits per heavy atom. The number of benzene rings is 1. The number of aliphatic hydroxyl groups is 2. The van der Waals surface area contributed by atoms with E-state index in [0.717, 1.165) is 38.5 Å². The molecule has 0 radical (unpaired) electrons. The summed E-state index contributed by atoms with van der Waals surface area (Å²) in [5.74, 6) is -0.935. The minimum Gasteiger partial charge on any atom is -0.493 e. The molecule has 0 aliphatic heterocycles. The van der Waals surface area contributed by atoms with E-state index in [2.05, 4.69) is 32.1 Å². The molecule has 300 valence electrons. The highest BCUT2D eigenvalue weighted by atomic mass is 35.5. The third kappa shape index (κ3) is 15.0. The highest BCUT2D eigenvalue weighted by Gasteiger charge is 2.42. The van der Waals surface area contributed by atoms with Gasteiger partial charge >= 0.3 is 11.9 Å². The van der Waals surface area contributed by atoms with Gasteiger partial charge in [-0.25, -0.2) is 4.79 Å². The van der Waals surface area contributed by atoms with Gasteiger partial charge in [-0.2, -0.15) is 0 Å². The molecule has 1 aromatic rings. The first-order chi connectivity index (χ1) is 25.6. The molecule has 2 aliphatic rings. The third-order valence-electron chi connectivity index (χ3n) is 11.9. The van der Waals surface area contributed by atoms with Crippen molar-refractivity contribution in [2.45, 2.75) is 186 Å². The van der Waals surface area contributed by atoms with Crippen LogP contribution in [-0.4, -0.2) is 51.5 Å². The van der Waals surface area contributed by atoms with E-state index in [-0.39, 0.29) is 46.7 Å². The van der Waals surface area contributed by atoms with E-state index in [9.17, 15) is 24.9 Å². The van der Waals surface area contributed by atoms with E-state index in [0.29, 0.717) is 43.6 Å². The molecule has 0 bridgehead atoms. The van der Waals surface area contributed by atoms with Crippen LogP contribution in [0.3, 0.4) is 0 Å². The van der Waals surface area contributed by atoms with Gasteiger partial charge in [0.1, 0.15) is 11.9 Å². The first-order valence-corrected chi connectivity index (χ1v) is 21.6. The first-order valence-electron chi connectivity index (χ1n) is 21.1. The van der Waals surface area contributed by atoms with Crippen molar-refractivity contribution in [3.05, 3.63) is 53.6 Å². The Kier molecular flexibility index (Phi) is 21.2. The molecule has 3 rings (SSSR count). The SMILES string of the molecule is CCCCCCCCCCCCCCOc1cccc(C(=O)O)c1C(C)OC(=O)CCC/C=C\C[C@@H]1[C@@H](/C=C/C[C@H](O)C2(CC)CCC2)[C@H](O)C[C@H]1Cl. The minimum absolute atomic E-state index is 0.0446. The van der Waals surface area contributed by atoms with Crippen LogP contribution in [0.25, 0.3) is 0 Å². The highest BCUT2D eigenvalue weighted by Crippen LogP contribution is 2.48. The van der Waals surface area contributed by atoms with Gasteiger partial charge in [-0.3, -0.25) is 4.79 Å². The lowest BCUT2D eigenvalue weighted by Crippen LogP contribution is -2.40. The number of esters is 1. The Hall–Kier alpha value is -2.35. The second-order valence-corrected chi connectivity index (χ2v) is 16.4. The molecule has 2 saturated carbocycles. The van der Waals surface area contributed by atoms with Gasteiger partial charge in [-0.05, 0) is 88.2 Å². The van der Waals surface area contributed by atoms with Crippen LogP contribution in [0.15, 0.2) is 42.5 Å². The summed E-state index contributed by atoms with van der Waals surface area (Å²) < 4.78 is 11.8. The summed E-state index contributed by atoms with van der Waals surface area (Å²) in [4.78, 5) is 24.9. The molecule has 8 heteroatoms. The molecule has 53 heavy (non-hydrogen) atoms. The van der Waals surface area contributed by atoms with Crippen molar-refractivity contribution in [2.24, 2.45) is 17.3 Å². The largest absolute Gasteiger partial charge is 0.493 e. The number of carbonyl (C=O) groups excluding carboxylic acids is 1. The number of aromatic carboxylic acids is 1. The summed E-state index contributed by atoms with van der Waals surface area (Å²) in [6.45, 7) is 6.60. The van der Waals surface area contributed by atoms with E-state index in [1.165, 1.54) is 76.7 Å². The van der Waals surface area contributed by atoms with Crippen LogP contribution in [0.4, 0.5) is 0 Å². The number of allylic oxidation sites excluding steroid dienone is 2. The number of carboxylic acid groups (broad SMARTS) is 1. The average Bonchev–Trinajstić information content (AvgIpc) is 3.38. The average molecular weight is 760 g/mol. The topological polar surface area (TPSA) is 113 Å². The molecule has 1 unspecified atom stereocenters. The Labute approximate surface area is 326 Å². The van der Waals surface area contributed by atoms with E-state index in [1.807, 2.05) is 6.08 Å². The summed E-state index contributed by atoms with van der Waals surface area (Å²) in [7, 11) is 0. The van der Waals surface area contributed by atoms with E-state index in [1.54, 1.807) is 19.1 Å². The van der Waals surface area contributed by atoms with Crippen LogP contribution >= 0.6 is 11.6 Å². The standard InChI is InChI=1S/C45H71ClO7/c1-4-6-7-8-9-10-11-12-13-14-17-20-32-52-40-27-21-26-37(44(50)51)43(40)34(3)53-42(49)29-19-16-15-18-24-35-36(39(47)33-38(35)46)25-22-28-41(48)45(5-2)30-23-31-45/h15,18,21-22,25-27,34-36,38-39,41,47-48H,4-14,16-17,19-20,23-24,28-33H2,1-3H3,(H,50,51)/b18-15-,25-22+/t34?,35-,36-,38-,39-,41+/m1/s1. The van der Waals surface area contributed by atoms with Crippen LogP contribution in [0.2, 0.25) is 0 Å². The molecule has 0 saturated heterocycles. The molecule has 3 N–H and O–H groups in total. The van der Waals surface area contributed by atoms with Crippen molar-refractivity contribution in [3.63, 3.8) is 0 Å². The highest BCUT2D eigenvalue weighted by molar-refractivity contribution is 6.21. The van der Waals surface area contributed by atoms with Gasteiger partial charge < -0.3 is 24.8 Å². The Bertz CT molecular complexity index is 1250. The van der Waals surface area contributed by atoms with Crippen LogP contribution in [-0.2, 0) is 9.53 Å². The minimum atomic E-state index is -1.08. The van der Waals surface area contributed by atoms with Gasteiger partial charge in [0.05, 0.1) is 24.4 Å². The lowest BCUT2D eigenvalue weighted by molar-refractivity contribution is -0.148. The maximum atomic E-state index is 12.8. The van der Waals surface area contributed by atoms with Crippen molar-refractivity contribution in [2.75, 3.05) is 6.61 Å². The van der Waals surface area contributed by atoms with Crippen molar-refractivity contribution < 1.29 is 34.4 Å². The molecule has 1 aromatic carbocycles. The lowest BCUT2D eigenvalue weighted by atomic mass is 9.63. The Morgan fingerprint density at radius 2 is 1.60 bits per heavy atom. The number of hydrogen-bond acceptors (Lipinski definition) is 6. The van der Waals surface area contributed by atoms with Crippen LogP contribution in [0, 0.1) is 17.3 Å². The molecule has 7 nitrogen and oxygen atoms in total. The third-order valence-corrected chi connectivity index (χ3v) is 12.4. The van der Waals surface area contributed by atoms with Gasteiger partial charge in [0.25, 0.3) is 0 Å². The Balaban J connectivity index is 1.37. The van der Waals surface area contributed by atoms with Crippen LogP contribution < -0.4 is 4.74 Å². The van der Waals surface area contributed by atoms with Gasteiger partial charge in [0.15, 0.2) is 0 Å². The predicted molar refractivity (Wildman–Crippen MR) is 216 cm³/mol. The second kappa shape index (κ2) is 24.9. The van der Waals surface area contributed by atoms with Gasteiger partial charge in [0.2, 0.25) is 0 Å². The molecular formula is C45H71ClO7. The molecule has 2 aliphatic carbocycles. The van der Waals surface area contributed by atoms with Crippen molar-refractivity contribution in [1.82, 2.24) is 0 Å². The van der Waals surface area contributed by atoms with E-state index >= 15 is 0 Å². The number of hydrogen-bond donors (Lipinski definition) is 3. The molecule has 0 heterocycles. The zero-order valence-electron chi connectivity index (χ0n) is 33.1. The number of halogens is 1. The molecule has 2 fully saturated rings. The van der Waals surface area contributed by atoms with Crippen LogP contribution in [0.1, 0.15) is 184 Å². The number of carbonyl (C=O) groups is 2. The summed E-state index contributed by atoms with van der Waals surface area (Å²) in [5, 5.41) is 31.2. The summed E-state index contributed by atoms with van der Waals surface area (Å²) >= 11 is 6.66. The Morgan fingerprint density at radius 1 is 0.943 bits per heavy atom. The summed E-state index contributed by atoms with van der Waals surface area (Å²) in [5.41, 5.74) is 0.543. The second-order valence-electron chi connectivity index (χ2n) is 15.8. The number of carboxylic acids is 1. The molecule has 6 atom stereocenters. The van der Waals surface area contributed by atoms with Gasteiger partial charge in [-0.15, -0.1) is 11.6 Å². The number of rotatable bonds is 28. The van der Waals surface area contributed by atoms with E-state index < -0.39 is 18.2 Å². The van der Waals surface area contributed by atoms with Crippen molar-refractivity contribution in [3.8, 4) is 5.75 Å². The fourth-order valence-corrected chi connectivity index (χ4v) is 8.74. The summed E-state index contributed by atoms with van der Waals surface area (Å²) in [6, 6.07) is 4.95. The fourth-order valence-electron chi connectivity index (χ4n) is 8.28. The molecular weight excluding hydrogens is 688 g/mol. The molecule has 0 aromatic heterocycles. The molecule has 0 spiro atoms. The van der Waals surface area contributed by atoms with Crippen molar-refractivity contribution in [1.29, 1.82) is 0 Å². The maximum Gasteiger partial charge on any atom is 0.336 e. The lowest BCUT2D eigenvalue weighted by Gasteiger charge is -2.45. The monoisotopic (exact) mass is 758 g/mol. The quantitative estimate of drug-likeness (QED) is 0.0337. The number of ether oxygens (including phenoxy) is 2. The zero-order chi connectivity index (χ0) is 38.5. The zero-order valence-corrected chi connectivity index (χ0v) is 33.9. The van der Waals surface area contributed by atoms with Gasteiger partial charge in [-0.1, -0.05) is 121 Å². The number of alkyl halides is 1. The first kappa shape index (κ1) is 45.0. The van der Waals surface area contributed by atoms with Crippen LogP contribution in [0.5, 0.6) is 5.75 Å². The number of unbranched alkanes of at least 4 members (excludes halogenated alkanes) is 12. The normalized spacial score (nSPS) is 22.2. The molecule has 0 amide bonds. The predicted octanol–water partition coefficient (Wildman–Crippen LogP) is 11.7. The number of aliphatic hydroxyl groups excluding tert-OH is 2. The van der Waals surface area contributed by atoms with Gasteiger partial charge in [0, 0.05) is 23.3 Å². The van der Waals surface area contributed by atoms with Crippen molar-refractivity contribution >= 4 is 23.5 Å².